The molecule has 0 radical (unpaired) electrons. The summed E-state index contributed by atoms with van der Waals surface area (Å²) in [6, 6.07) is 3.72. The minimum absolute atomic E-state index is 0.107. The molecule has 12 nitrogen and oxygen atoms in total. The highest BCUT2D eigenvalue weighted by Crippen LogP contribution is 2.35. The number of halogens is 8. The van der Waals surface area contributed by atoms with E-state index in [1.807, 2.05) is 11.0 Å². The van der Waals surface area contributed by atoms with Gasteiger partial charge in [-0.15, -0.1) is 0 Å². The second kappa shape index (κ2) is 17.5. The van der Waals surface area contributed by atoms with Crippen molar-refractivity contribution in [1.29, 1.82) is 0 Å². The number of hydrogen-bond donors (Lipinski definition) is 5. The molecule has 0 aliphatic heterocycles. The molecule has 0 saturated heterocycles. The highest BCUT2D eigenvalue weighted by atomic mass is 79.9. The molecule has 268 valence electrons. The standard InChI is InChI=1S/2C14H16BrF3N2O4/c1-4-23-11(21)13(2,3)19-12(22)20-24-10-6-8(14(16,17)18)5-9(15)7-10;1-3-4-13(2,11(21)22)19-12(23)20-24-10-6-8(14(16,17)18)5-9(15)7-10/h5-7H,4H2,1-3H3,(H2,19,20,22);5-7H,3-4H2,1-2H3,(H,21,22)(H2,19,20,23). The van der Waals surface area contributed by atoms with Crippen molar-refractivity contribution < 1.29 is 65.0 Å². The lowest BCUT2D eigenvalue weighted by atomic mass is 9.97. The number of aliphatic carboxylic acids is 1. The normalized spacial score (nSPS) is 12.7. The van der Waals surface area contributed by atoms with E-state index in [0.717, 1.165) is 18.2 Å². The first-order chi connectivity index (χ1) is 21.9. The van der Waals surface area contributed by atoms with Gasteiger partial charge in [-0.1, -0.05) is 45.2 Å². The quantitative estimate of drug-likeness (QED) is 0.0910. The van der Waals surface area contributed by atoms with Gasteiger partial charge in [-0.25, -0.2) is 19.2 Å². The molecular weight excluding hydrogens is 794 g/mol. The van der Waals surface area contributed by atoms with Gasteiger partial charge in [-0.05, 0) is 70.5 Å². The molecule has 0 saturated carbocycles. The van der Waals surface area contributed by atoms with Crippen LogP contribution in [-0.4, -0.2) is 46.8 Å². The lowest BCUT2D eigenvalue weighted by Crippen LogP contribution is -2.55. The Morgan fingerprint density at radius 3 is 1.50 bits per heavy atom. The Balaban J connectivity index is 0.000000480. The number of hydrogen-bond acceptors (Lipinski definition) is 7. The molecule has 0 bridgehead atoms. The van der Waals surface area contributed by atoms with Crippen LogP contribution in [0.3, 0.4) is 0 Å². The van der Waals surface area contributed by atoms with Crippen LogP contribution >= 0.6 is 31.9 Å². The number of urea groups is 2. The van der Waals surface area contributed by atoms with Crippen molar-refractivity contribution in [2.45, 2.75) is 70.9 Å². The van der Waals surface area contributed by atoms with E-state index in [2.05, 4.69) is 42.5 Å². The molecule has 2 rings (SSSR count). The van der Waals surface area contributed by atoms with E-state index in [9.17, 15) is 45.5 Å². The number of amides is 4. The van der Waals surface area contributed by atoms with Crippen molar-refractivity contribution in [3.8, 4) is 11.5 Å². The fraction of sp³-hybridized carbons (Fsp3) is 0.429. The number of carbonyl (C=O) groups is 4. The summed E-state index contributed by atoms with van der Waals surface area (Å²) in [6.07, 6.45) is -8.46. The van der Waals surface area contributed by atoms with Gasteiger partial charge in [0.25, 0.3) is 0 Å². The minimum Gasteiger partial charge on any atom is -0.480 e. The van der Waals surface area contributed by atoms with Crippen LogP contribution in [0.2, 0.25) is 0 Å². The van der Waals surface area contributed by atoms with E-state index in [-0.39, 0.29) is 33.5 Å². The molecule has 20 heteroatoms. The van der Waals surface area contributed by atoms with Gasteiger partial charge in [0.1, 0.15) is 11.1 Å². The lowest BCUT2D eigenvalue weighted by Gasteiger charge is -2.25. The van der Waals surface area contributed by atoms with Gasteiger partial charge >= 0.3 is 36.4 Å². The second-order valence-corrected chi connectivity index (χ2v) is 12.2. The largest absolute Gasteiger partial charge is 0.480 e. The van der Waals surface area contributed by atoms with Gasteiger partial charge < -0.3 is 30.2 Å². The number of benzene rings is 2. The summed E-state index contributed by atoms with van der Waals surface area (Å²) in [5.41, 5.74) is -0.975. The van der Waals surface area contributed by atoms with Gasteiger partial charge in [0, 0.05) is 8.95 Å². The van der Waals surface area contributed by atoms with Crippen molar-refractivity contribution in [3.63, 3.8) is 0 Å². The molecular formula is C28H32Br2F6N4O8. The number of ether oxygens (including phenoxy) is 1. The van der Waals surface area contributed by atoms with Crippen molar-refractivity contribution in [2.75, 3.05) is 6.61 Å². The third-order valence-corrected chi connectivity index (χ3v) is 6.66. The predicted octanol–water partition coefficient (Wildman–Crippen LogP) is 7.11. The van der Waals surface area contributed by atoms with Crippen LogP contribution in [0.25, 0.3) is 0 Å². The van der Waals surface area contributed by atoms with Crippen LogP contribution in [-0.2, 0) is 26.7 Å². The highest BCUT2D eigenvalue weighted by molar-refractivity contribution is 9.10. The number of carbonyl (C=O) groups excluding carboxylic acids is 3. The summed E-state index contributed by atoms with van der Waals surface area (Å²) in [7, 11) is 0. The highest BCUT2D eigenvalue weighted by Gasteiger charge is 2.35. The summed E-state index contributed by atoms with van der Waals surface area (Å²) in [6.45, 7) is 7.64. The first-order valence-corrected chi connectivity index (χ1v) is 15.2. The van der Waals surface area contributed by atoms with Crippen molar-refractivity contribution in [2.24, 2.45) is 0 Å². The maximum atomic E-state index is 12.7. The molecule has 0 aromatic heterocycles. The maximum absolute atomic E-state index is 12.7. The van der Waals surface area contributed by atoms with Crippen LogP contribution in [0.4, 0.5) is 35.9 Å². The molecule has 0 fully saturated rings. The smallest absolute Gasteiger partial charge is 0.416 e. The summed E-state index contributed by atoms with van der Waals surface area (Å²) >= 11 is 5.84. The Morgan fingerprint density at radius 1 is 0.729 bits per heavy atom. The zero-order valence-electron chi connectivity index (χ0n) is 25.9. The molecule has 5 N–H and O–H groups in total. The molecule has 0 heterocycles. The molecule has 48 heavy (non-hydrogen) atoms. The molecule has 1 unspecified atom stereocenters. The van der Waals surface area contributed by atoms with E-state index in [4.69, 9.17) is 19.5 Å². The summed E-state index contributed by atoms with van der Waals surface area (Å²) in [5, 5.41) is 13.6. The number of nitrogens with one attached hydrogen (secondary N) is 4. The lowest BCUT2D eigenvalue weighted by molar-refractivity contribution is -0.149. The molecule has 2 aromatic rings. The number of carboxylic acid groups (broad SMARTS) is 1. The monoisotopic (exact) mass is 824 g/mol. The van der Waals surface area contributed by atoms with Crippen molar-refractivity contribution >= 4 is 55.9 Å². The van der Waals surface area contributed by atoms with Crippen LogP contribution < -0.4 is 31.3 Å². The number of alkyl halides is 6. The number of esters is 1. The Hall–Kier alpha value is -3.94. The SMILES string of the molecule is CCCC(C)(NC(=O)NOc1cc(Br)cc(C(F)(F)F)c1)C(=O)O.CCOC(=O)C(C)(C)NC(=O)NOc1cc(Br)cc(C(F)(F)F)c1. The molecule has 1 atom stereocenters. The molecule has 0 aliphatic carbocycles. The summed E-state index contributed by atoms with van der Waals surface area (Å²) in [5.74, 6) is -2.40. The van der Waals surface area contributed by atoms with Crippen LogP contribution in [0.15, 0.2) is 45.3 Å². The third-order valence-electron chi connectivity index (χ3n) is 5.74. The molecule has 4 amide bonds. The van der Waals surface area contributed by atoms with Crippen molar-refractivity contribution in [3.05, 3.63) is 56.5 Å². The van der Waals surface area contributed by atoms with Gasteiger partial charge in [0.2, 0.25) is 0 Å². The zero-order valence-corrected chi connectivity index (χ0v) is 29.1. The van der Waals surface area contributed by atoms with Gasteiger partial charge in [-0.3, -0.25) is 0 Å². The Labute approximate surface area is 287 Å². The van der Waals surface area contributed by atoms with Crippen LogP contribution in [0, 0.1) is 0 Å². The summed E-state index contributed by atoms with van der Waals surface area (Å²) < 4.78 is 81.2. The topological polar surface area (TPSA) is 164 Å². The molecule has 2 aromatic carbocycles. The zero-order chi connectivity index (χ0) is 37.1. The Bertz CT molecular complexity index is 1460. The number of hydroxylamine groups is 2. The fourth-order valence-electron chi connectivity index (χ4n) is 3.45. The summed E-state index contributed by atoms with van der Waals surface area (Å²) in [4.78, 5) is 55.9. The fourth-order valence-corrected chi connectivity index (χ4v) is 4.40. The van der Waals surface area contributed by atoms with Crippen LogP contribution in [0.1, 0.15) is 58.6 Å². The maximum Gasteiger partial charge on any atom is 0.416 e. The van der Waals surface area contributed by atoms with E-state index in [1.54, 1.807) is 13.8 Å². The van der Waals surface area contributed by atoms with Crippen LogP contribution in [0.5, 0.6) is 11.5 Å². The van der Waals surface area contributed by atoms with Gasteiger partial charge in [0.15, 0.2) is 11.5 Å². The minimum atomic E-state index is -4.58. The average Bonchev–Trinajstić information content (AvgIpc) is 2.94. The van der Waals surface area contributed by atoms with E-state index >= 15 is 0 Å². The van der Waals surface area contributed by atoms with E-state index in [1.165, 1.54) is 32.9 Å². The Morgan fingerprint density at radius 2 is 1.15 bits per heavy atom. The first kappa shape index (κ1) is 42.1. The third kappa shape index (κ3) is 14.0. The Kier molecular flexibility index (Phi) is 15.3. The molecule has 0 aliphatic rings. The number of rotatable bonds is 11. The second-order valence-electron chi connectivity index (χ2n) is 10.4. The van der Waals surface area contributed by atoms with E-state index < -0.39 is 58.6 Å². The average molecular weight is 826 g/mol. The van der Waals surface area contributed by atoms with Gasteiger partial charge in [0.05, 0.1) is 17.7 Å². The van der Waals surface area contributed by atoms with Crippen molar-refractivity contribution in [1.82, 2.24) is 21.6 Å². The van der Waals surface area contributed by atoms with Gasteiger partial charge in [-0.2, -0.15) is 37.3 Å². The predicted molar refractivity (Wildman–Crippen MR) is 165 cm³/mol. The number of carboxylic acids is 1. The first-order valence-electron chi connectivity index (χ1n) is 13.6. The van der Waals surface area contributed by atoms with E-state index in [0.29, 0.717) is 12.5 Å². The molecule has 0 spiro atoms.